The summed E-state index contributed by atoms with van der Waals surface area (Å²) < 4.78 is 0. The number of amides is 3. The molecule has 0 bridgehead atoms. The molecule has 102 valence electrons. The standard InChI is InChI=1S/C13H17N3O3/c14-13(19)15-10-6-7-16(8-10)12(18)11(17)9-4-2-1-3-5-9/h1-5,10-11,17H,6-8H2,(H3,14,15,19)/t10-,11-/m1/s1. The molecule has 1 fully saturated rings. The lowest BCUT2D eigenvalue weighted by Gasteiger charge is -2.20. The molecule has 4 N–H and O–H groups in total. The largest absolute Gasteiger partial charge is 0.378 e. The van der Waals surface area contributed by atoms with E-state index in [0.717, 1.165) is 0 Å². The zero-order valence-electron chi connectivity index (χ0n) is 10.5. The molecule has 0 radical (unpaired) electrons. The van der Waals surface area contributed by atoms with Gasteiger partial charge in [-0.3, -0.25) is 4.79 Å². The third kappa shape index (κ3) is 3.23. The highest BCUT2D eigenvalue weighted by molar-refractivity contribution is 5.82. The fourth-order valence-electron chi connectivity index (χ4n) is 2.23. The van der Waals surface area contributed by atoms with E-state index in [-0.39, 0.29) is 11.9 Å². The smallest absolute Gasteiger partial charge is 0.312 e. The molecule has 0 saturated carbocycles. The van der Waals surface area contributed by atoms with Crippen LogP contribution in [0.2, 0.25) is 0 Å². The average Bonchev–Trinajstić information content (AvgIpc) is 2.85. The van der Waals surface area contributed by atoms with Crippen LogP contribution < -0.4 is 11.1 Å². The van der Waals surface area contributed by atoms with Gasteiger partial charge in [-0.1, -0.05) is 30.3 Å². The lowest BCUT2D eigenvalue weighted by molar-refractivity contribution is -0.139. The molecule has 0 aromatic heterocycles. The van der Waals surface area contributed by atoms with Gasteiger partial charge in [0.15, 0.2) is 6.10 Å². The Kier molecular flexibility index (Phi) is 4.01. The van der Waals surface area contributed by atoms with Crippen molar-refractivity contribution in [3.63, 3.8) is 0 Å². The maximum atomic E-state index is 12.1. The molecule has 1 aromatic carbocycles. The summed E-state index contributed by atoms with van der Waals surface area (Å²) in [6, 6.07) is 8.05. The number of benzene rings is 1. The number of carbonyl (C=O) groups excluding carboxylic acids is 2. The second kappa shape index (κ2) is 5.71. The molecule has 19 heavy (non-hydrogen) atoms. The predicted octanol–water partition coefficient (Wildman–Crippen LogP) is -0.0108. The summed E-state index contributed by atoms with van der Waals surface area (Å²) in [7, 11) is 0. The van der Waals surface area contributed by atoms with Crippen LogP contribution in [0.3, 0.4) is 0 Å². The molecule has 1 aromatic rings. The van der Waals surface area contributed by atoms with E-state index in [4.69, 9.17) is 5.73 Å². The Morgan fingerprint density at radius 1 is 1.37 bits per heavy atom. The molecule has 6 heteroatoms. The average molecular weight is 263 g/mol. The van der Waals surface area contributed by atoms with E-state index in [9.17, 15) is 14.7 Å². The minimum atomic E-state index is -1.16. The molecule has 1 saturated heterocycles. The first-order chi connectivity index (χ1) is 9.08. The first-order valence-electron chi connectivity index (χ1n) is 6.15. The first kappa shape index (κ1) is 13.4. The maximum Gasteiger partial charge on any atom is 0.312 e. The Hall–Kier alpha value is -2.08. The number of nitrogens with zero attached hydrogens (tertiary/aromatic N) is 1. The van der Waals surface area contributed by atoms with Crippen LogP contribution in [0.4, 0.5) is 4.79 Å². The van der Waals surface area contributed by atoms with E-state index >= 15 is 0 Å². The number of likely N-dealkylation sites (tertiary alicyclic amines) is 1. The number of urea groups is 1. The highest BCUT2D eigenvalue weighted by atomic mass is 16.3. The molecule has 1 aliphatic heterocycles. The van der Waals surface area contributed by atoms with Crippen molar-refractivity contribution in [2.75, 3.05) is 13.1 Å². The van der Waals surface area contributed by atoms with Crippen molar-refractivity contribution >= 4 is 11.9 Å². The van der Waals surface area contributed by atoms with Gasteiger partial charge in [0.2, 0.25) is 0 Å². The third-order valence-electron chi connectivity index (χ3n) is 3.20. The number of carbonyl (C=O) groups is 2. The highest BCUT2D eigenvalue weighted by Gasteiger charge is 2.30. The first-order valence-corrected chi connectivity index (χ1v) is 6.15. The lowest BCUT2D eigenvalue weighted by Crippen LogP contribution is -2.41. The van der Waals surface area contributed by atoms with Crippen LogP contribution in [-0.2, 0) is 4.79 Å². The second-order valence-corrected chi connectivity index (χ2v) is 4.59. The minimum absolute atomic E-state index is 0.135. The maximum absolute atomic E-state index is 12.1. The summed E-state index contributed by atoms with van der Waals surface area (Å²) >= 11 is 0. The van der Waals surface area contributed by atoms with E-state index in [1.54, 1.807) is 24.3 Å². The van der Waals surface area contributed by atoms with Gasteiger partial charge in [0, 0.05) is 19.1 Å². The van der Waals surface area contributed by atoms with Crippen LogP contribution in [0.5, 0.6) is 0 Å². The van der Waals surface area contributed by atoms with Gasteiger partial charge >= 0.3 is 6.03 Å². The molecule has 6 nitrogen and oxygen atoms in total. The summed E-state index contributed by atoms with van der Waals surface area (Å²) in [5.41, 5.74) is 5.61. The number of nitrogens with two attached hydrogens (primary N) is 1. The number of nitrogens with one attached hydrogen (secondary N) is 1. The number of hydrogen-bond donors (Lipinski definition) is 3. The van der Waals surface area contributed by atoms with Crippen molar-refractivity contribution < 1.29 is 14.7 Å². The summed E-state index contributed by atoms with van der Waals surface area (Å²) in [6.07, 6.45) is -0.510. The number of rotatable bonds is 3. The fourth-order valence-corrected chi connectivity index (χ4v) is 2.23. The van der Waals surface area contributed by atoms with Gasteiger partial charge in [-0.15, -0.1) is 0 Å². The fraction of sp³-hybridized carbons (Fsp3) is 0.385. The van der Waals surface area contributed by atoms with E-state index in [2.05, 4.69) is 5.32 Å². The van der Waals surface area contributed by atoms with Crippen LogP contribution in [0.15, 0.2) is 30.3 Å². The molecule has 1 aliphatic rings. The third-order valence-corrected chi connectivity index (χ3v) is 3.20. The van der Waals surface area contributed by atoms with Crippen molar-refractivity contribution in [1.82, 2.24) is 10.2 Å². The van der Waals surface area contributed by atoms with E-state index in [1.807, 2.05) is 6.07 Å². The second-order valence-electron chi connectivity index (χ2n) is 4.59. The SMILES string of the molecule is NC(=O)N[C@@H]1CCN(C(=O)[C@H](O)c2ccccc2)C1. The van der Waals surface area contributed by atoms with E-state index in [1.165, 1.54) is 4.90 Å². The zero-order chi connectivity index (χ0) is 13.8. The number of aliphatic hydroxyl groups excluding tert-OH is 1. The summed E-state index contributed by atoms with van der Waals surface area (Å²) in [6.45, 7) is 0.888. The quantitative estimate of drug-likeness (QED) is 0.715. The van der Waals surface area contributed by atoms with Crippen LogP contribution in [0.25, 0.3) is 0 Å². The molecular weight excluding hydrogens is 246 g/mol. The molecule has 0 aliphatic carbocycles. The molecule has 2 rings (SSSR count). The normalized spacial score (nSPS) is 20.1. The Morgan fingerprint density at radius 2 is 2.05 bits per heavy atom. The molecule has 3 amide bonds. The van der Waals surface area contributed by atoms with Gasteiger partial charge in [0.1, 0.15) is 0 Å². The molecule has 1 heterocycles. The minimum Gasteiger partial charge on any atom is -0.378 e. The molecule has 0 spiro atoms. The number of primary amides is 1. The van der Waals surface area contributed by atoms with Crippen molar-refractivity contribution in [3.05, 3.63) is 35.9 Å². The lowest BCUT2D eigenvalue weighted by atomic mass is 10.1. The van der Waals surface area contributed by atoms with Gasteiger partial charge in [0.05, 0.1) is 0 Å². The van der Waals surface area contributed by atoms with E-state index < -0.39 is 12.1 Å². The van der Waals surface area contributed by atoms with Crippen LogP contribution in [0, 0.1) is 0 Å². The van der Waals surface area contributed by atoms with Crippen molar-refractivity contribution in [3.8, 4) is 0 Å². The van der Waals surface area contributed by atoms with Gasteiger partial charge in [-0.25, -0.2) is 4.79 Å². The highest BCUT2D eigenvalue weighted by Crippen LogP contribution is 2.18. The Bertz CT molecular complexity index is 463. The van der Waals surface area contributed by atoms with Crippen molar-refractivity contribution in [1.29, 1.82) is 0 Å². The van der Waals surface area contributed by atoms with Gasteiger partial charge < -0.3 is 21.1 Å². The number of hydrogen-bond acceptors (Lipinski definition) is 3. The van der Waals surface area contributed by atoms with Crippen molar-refractivity contribution in [2.45, 2.75) is 18.6 Å². The van der Waals surface area contributed by atoms with E-state index in [0.29, 0.717) is 25.1 Å². The zero-order valence-corrected chi connectivity index (χ0v) is 10.5. The molecule has 2 atom stereocenters. The molecule has 0 unspecified atom stereocenters. The summed E-state index contributed by atoms with van der Waals surface area (Å²) in [5.74, 6) is -0.347. The predicted molar refractivity (Wildman–Crippen MR) is 69.1 cm³/mol. The Morgan fingerprint density at radius 3 is 2.68 bits per heavy atom. The Balaban J connectivity index is 1.96. The van der Waals surface area contributed by atoms with Crippen LogP contribution >= 0.6 is 0 Å². The summed E-state index contributed by atoms with van der Waals surface area (Å²) in [5, 5.41) is 12.6. The van der Waals surface area contributed by atoms with Crippen LogP contribution in [0.1, 0.15) is 18.1 Å². The monoisotopic (exact) mass is 263 g/mol. The Labute approximate surface area is 111 Å². The topological polar surface area (TPSA) is 95.7 Å². The van der Waals surface area contributed by atoms with Gasteiger partial charge in [-0.2, -0.15) is 0 Å². The summed E-state index contributed by atoms with van der Waals surface area (Å²) in [4.78, 5) is 24.4. The van der Waals surface area contributed by atoms with Gasteiger partial charge in [0.25, 0.3) is 5.91 Å². The number of aliphatic hydroxyl groups is 1. The molecular formula is C13H17N3O3. The van der Waals surface area contributed by atoms with Crippen LogP contribution in [-0.4, -0.2) is 41.1 Å². The van der Waals surface area contributed by atoms with Gasteiger partial charge in [-0.05, 0) is 12.0 Å². The van der Waals surface area contributed by atoms with Crippen molar-refractivity contribution in [2.24, 2.45) is 5.73 Å².